The lowest BCUT2D eigenvalue weighted by molar-refractivity contribution is 0.0382. The van der Waals surface area contributed by atoms with E-state index in [1.165, 1.54) is 25.7 Å². The van der Waals surface area contributed by atoms with Crippen LogP contribution in [0, 0.1) is 11.8 Å². The molecule has 0 bridgehead atoms. The first-order chi connectivity index (χ1) is 6.92. The number of allylic oxidation sites excluding steroid dienone is 2. The SMILES string of the molecule is CNCC1CCOC1C1CC=CCC1. The van der Waals surface area contributed by atoms with Crippen LogP contribution in [-0.4, -0.2) is 26.3 Å². The Morgan fingerprint density at radius 3 is 3.00 bits per heavy atom. The van der Waals surface area contributed by atoms with Crippen LogP contribution in [0.3, 0.4) is 0 Å². The molecule has 0 aromatic heterocycles. The molecule has 0 aromatic rings. The van der Waals surface area contributed by atoms with E-state index in [1.807, 2.05) is 7.05 Å². The number of hydrogen-bond donors (Lipinski definition) is 1. The second-order valence-electron chi connectivity index (χ2n) is 4.49. The standard InChI is InChI=1S/C12H21NO/c1-13-9-11-7-8-14-12(11)10-5-3-2-4-6-10/h2-3,10-13H,4-9H2,1H3. The molecule has 0 amide bonds. The van der Waals surface area contributed by atoms with Crippen molar-refractivity contribution in [2.75, 3.05) is 20.2 Å². The van der Waals surface area contributed by atoms with Gasteiger partial charge in [-0.05, 0) is 38.6 Å². The maximum absolute atomic E-state index is 5.88. The fraction of sp³-hybridized carbons (Fsp3) is 0.833. The van der Waals surface area contributed by atoms with Crippen LogP contribution < -0.4 is 5.32 Å². The lowest BCUT2D eigenvalue weighted by Gasteiger charge is -2.28. The Morgan fingerprint density at radius 2 is 2.29 bits per heavy atom. The van der Waals surface area contributed by atoms with Crippen molar-refractivity contribution in [3.8, 4) is 0 Å². The van der Waals surface area contributed by atoms with E-state index in [0.29, 0.717) is 6.10 Å². The van der Waals surface area contributed by atoms with Crippen LogP contribution in [0.25, 0.3) is 0 Å². The summed E-state index contributed by atoms with van der Waals surface area (Å²) in [7, 11) is 2.04. The number of nitrogens with one attached hydrogen (secondary N) is 1. The summed E-state index contributed by atoms with van der Waals surface area (Å²) in [4.78, 5) is 0. The molecule has 0 radical (unpaired) electrons. The zero-order valence-electron chi connectivity index (χ0n) is 9.04. The van der Waals surface area contributed by atoms with Crippen molar-refractivity contribution in [3.05, 3.63) is 12.2 Å². The van der Waals surface area contributed by atoms with Gasteiger partial charge in [0, 0.05) is 19.1 Å². The van der Waals surface area contributed by atoms with Crippen molar-refractivity contribution in [1.82, 2.24) is 5.32 Å². The lowest BCUT2D eigenvalue weighted by Crippen LogP contribution is -2.32. The predicted molar refractivity (Wildman–Crippen MR) is 58.3 cm³/mol. The van der Waals surface area contributed by atoms with Gasteiger partial charge < -0.3 is 10.1 Å². The second kappa shape index (κ2) is 4.94. The van der Waals surface area contributed by atoms with Crippen molar-refractivity contribution in [1.29, 1.82) is 0 Å². The van der Waals surface area contributed by atoms with Gasteiger partial charge in [0.2, 0.25) is 0 Å². The van der Waals surface area contributed by atoms with Gasteiger partial charge in [-0.2, -0.15) is 0 Å². The maximum atomic E-state index is 5.88. The fourth-order valence-electron chi connectivity index (χ4n) is 2.77. The summed E-state index contributed by atoms with van der Waals surface area (Å²) in [5, 5.41) is 3.28. The van der Waals surface area contributed by atoms with Crippen molar-refractivity contribution in [2.24, 2.45) is 11.8 Å². The van der Waals surface area contributed by atoms with E-state index in [1.54, 1.807) is 0 Å². The molecule has 1 N–H and O–H groups in total. The summed E-state index contributed by atoms with van der Waals surface area (Å²) in [5.74, 6) is 1.53. The van der Waals surface area contributed by atoms with Crippen molar-refractivity contribution < 1.29 is 4.74 Å². The van der Waals surface area contributed by atoms with Crippen molar-refractivity contribution in [3.63, 3.8) is 0 Å². The molecular weight excluding hydrogens is 174 g/mol. The van der Waals surface area contributed by atoms with Crippen LogP contribution in [-0.2, 0) is 4.74 Å². The Kier molecular flexibility index (Phi) is 3.60. The van der Waals surface area contributed by atoms with Crippen LogP contribution in [0.5, 0.6) is 0 Å². The average Bonchev–Trinajstić information content (AvgIpc) is 2.68. The Hall–Kier alpha value is -0.340. The van der Waals surface area contributed by atoms with Gasteiger partial charge in [-0.1, -0.05) is 12.2 Å². The van der Waals surface area contributed by atoms with Crippen molar-refractivity contribution >= 4 is 0 Å². The fourth-order valence-corrected chi connectivity index (χ4v) is 2.77. The topological polar surface area (TPSA) is 21.3 Å². The van der Waals surface area contributed by atoms with Gasteiger partial charge in [0.25, 0.3) is 0 Å². The molecule has 1 aliphatic heterocycles. The van der Waals surface area contributed by atoms with Gasteiger partial charge in [0.05, 0.1) is 6.10 Å². The summed E-state index contributed by atoms with van der Waals surface area (Å²) < 4.78 is 5.88. The minimum atomic E-state index is 0.521. The van der Waals surface area contributed by atoms with Crippen LogP contribution >= 0.6 is 0 Å². The lowest BCUT2D eigenvalue weighted by atomic mass is 9.83. The third kappa shape index (κ3) is 2.18. The molecule has 3 unspecified atom stereocenters. The molecule has 80 valence electrons. The van der Waals surface area contributed by atoms with E-state index >= 15 is 0 Å². The summed E-state index contributed by atoms with van der Waals surface area (Å²) in [6.07, 6.45) is 10.2. The van der Waals surface area contributed by atoms with Gasteiger partial charge in [-0.15, -0.1) is 0 Å². The first kappa shape index (κ1) is 10.2. The summed E-state index contributed by atoms with van der Waals surface area (Å²) in [6, 6.07) is 0. The van der Waals surface area contributed by atoms with E-state index in [2.05, 4.69) is 17.5 Å². The van der Waals surface area contributed by atoms with Crippen LogP contribution in [0.4, 0.5) is 0 Å². The van der Waals surface area contributed by atoms with E-state index < -0.39 is 0 Å². The molecule has 2 rings (SSSR count). The first-order valence-corrected chi connectivity index (χ1v) is 5.83. The molecule has 1 heterocycles. The molecule has 1 fully saturated rings. The van der Waals surface area contributed by atoms with E-state index in [-0.39, 0.29) is 0 Å². The zero-order chi connectivity index (χ0) is 9.80. The molecule has 3 atom stereocenters. The van der Waals surface area contributed by atoms with Crippen molar-refractivity contribution in [2.45, 2.75) is 31.8 Å². The molecule has 0 aromatic carbocycles. The quantitative estimate of drug-likeness (QED) is 0.695. The normalized spacial score (nSPS) is 37.6. The minimum Gasteiger partial charge on any atom is -0.378 e. The molecule has 2 heteroatoms. The number of hydrogen-bond acceptors (Lipinski definition) is 2. The van der Waals surface area contributed by atoms with E-state index in [0.717, 1.165) is 25.0 Å². The molecule has 14 heavy (non-hydrogen) atoms. The monoisotopic (exact) mass is 195 g/mol. The molecule has 0 spiro atoms. The summed E-state index contributed by atoms with van der Waals surface area (Å²) >= 11 is 0. The van der Waals surface area contributed by atoms with Crippen LogP contribution in [0.1, 0.15) is 25.7 Å². The van der Waals surface area contributed by atoms with Gasteiger partial charge in [0.1, 0.15) is 0 Å². The minimum absolute atomic E-state index is 0.521. The third-order valence-electron chi connectivity index (χ3n) is 3.50. The first-order valence-electron chi connectivity index (χ1n) is 5.83. The smallest absolute Gasteiger partial charge is 0.0647 e. The van der Waals surface area contributed by atoms with E-state index in [9.17, 15) is 0 Å². The summed E-state index contributed by atoms with van der Waals surface area (Å²) in [6.45, 7) is 2.09. The molecule has 1 saturated heterocycles. The molecule has 1 aliphatic carbocycles. The summed E-state index contributed by atoms with van der Waals surface area (Å²) in [5.41, 5.74) is 0. The molecular formula is C12H21NO. The van der Waals surface area contributed by atoms with Gasteiger partial charge in [-0.25, -0.2) is 0 Å². The molecule has 2 aliphatic rings. The Balaban J connectivity index is 1.91. The van der Waals surface area contributed by atoms with Gasteiger partial charge >= 0.3 is 0 Å². The Bertz CT molecular complexity index is 202. The van der Waals surface area contributed by atoms with E-state index in [4.69, 9.17) is 4.74 Å². The molecule has 2 nitrogen and oxygen atoms in total. The average molecular weight is 195 g/mol. The van der Waals surface area contributed by atoms with Gasteiger partial charge in [0.15, 0.2) is 0 Å². The zero-order valence-corrected chi connectivity index (χ0v) is 9.04. The second-order valence-corrected chi connectivity index (χ2v) is 4.49. The molecule has 0 saturated carbocycles. The Labute approximate surface area is 86.7 Å². The highest BCUT2D eigenvalue weighted by Crippen LogP contribution is 2.33. The largest absolute Gasteiger partial charge is 0.378 e. The van der Waals surface area contributed by atoms with Gasteiger partial charge in [-0.3, -0.25) is 0 Å². The highest BCUT2D eigenvalue weighted by Gasteiger charge is 2.33. The number of ether oxygens (including phenoxy) is 1. The third-order valence-corrected chi connectivity index (χ3v) is 3.50. The highest BCUT2D eigenvalue weighted by atomic mass is 16.5. The number of rotatable bonds is 3. The Morgan fingerprint density at radius 1 is 1.36 bits per heavy atom. The highest BCUT2D eigenvalue weighted by molar-refractivity contribution is 4.95. The van der Waals surface area contributed by atoms with Crippen LogP contribution in [0.2, 0.25) is 0 Å². The predicted octanol–water partition coefficient (Wildman–Crippen LogP) is 1.97. The van der Waals surface area contributed by atoms with Crippen LogP contribution in [0.15, 0.2) is 12.2 Å². The maximum Gasteiger partial charge on any atom is 0.0647 e.